The van der Waals surface area contributed by atoms with Gasteiger partial charge in [-0.25, -0.2) is 4.79 Å². The van der Waals surface area contributed by atoms with Crippen molar-refractivity contribution in [2.75, 3.05) is 36.2 Å². The summed E-state index contributed by atoms with van der Waals surface area (Å²) in [5.74, 6) is 0.686. The number of hydrogen-bond donors (Lipinski definition) is 1. The van der Waals surface area contributed by atoms with Gasteiger partial charge in [0.25, 0.3) is 0 Å². The minimum Gasteiger partial charge on any atom is -0.465 e. The summed E-state index contributed by atoms with van der Waals surface area (Å²) < 4.78 is 6.89. The van der Waals surface area contributed by atoms with Crippen molar-refractivity contribution in [3.8, 4) is 0 Å². The zero-order chi connectivity index (χ0) is 20.2. The number of ether oxygens (including phenoxy) is 1. The molecular weight excluding hydrogens is 390 g/mol. The Morgan fingerprint density at radius 3 is 2.52 bits per heavy atom. The molecule has 8 nitrogen and oxygen atoms in total. The van der Waals surface area contributed by atoms with Gasteiger partial charge in [-0.1, -0.05) is 11.8 Å². The van der Waals surface area contributed by atoms with Crippen molar-refractivity contribution in [1.29, 1.82) is 0 Å². The van der Waals surface area contributed by atoms with Crippen LogP contribution in [0.3, 0.4) is 0 Å². The van der Waals surface area contributed by atoms with Gasteiger partial charge >= 0.3 is 5.97 Å². The first-order valence-corrected chi connectivity index (χ1v) is 10.9. The fourth-order valence-electron chi connectivity index (χ4n) is 3.46. The molecule has 2 fully saturated rings. The number of thioether (sulfide) groups is 1. The third-order valence-corrected chi connectivity index (χ3v) is 6.06. The first-order valence-electron chi connectivity index (χ1n) is 9.96. The minimum atomic E-state index is -0.401. The summed E-state index contributed by atoms with van der Waals surface area (Å²) in [6.45, 7) is 2.05. The van der Waals surface area contributed by atoms with Gasteiger partial charge in [0, 0.05) is 24.8 Å². The summed E-state index contributed by atoms with van der Waals surface area (Å²) in [6.07, 6.45) is 5.95. The lowest BCUT2D eigenvalue weighted by Gasteiger charge is -2.27. The maximum absolute atomic E-state index is 12.4. The Bertz CT molecular complexity index is 873. The lowest BCUT2D eigenvalue weighted by atomic mass is 10.1. The van der Waals surface area contributed by atoms with Gasteiger partial charge in [-0.15, -0.1) is 10.2 Å². The Kier molecular flexibility index (Phi) is 6.03. The molecule has 1 amide bonds. The van der Waals surface area contributed by atoms with Crippen LogP contribution in [0.25, 0.3) is 0 Å². The van der Waals surface area contributed by atoms with Gasteiger partial charge in [-0.2, -0.15) is 0 Å². The quantitative estimate of drug-likeness (QED) is 0.549. The van der Waals surface area contributed by atoms with E-state index in [1.807, 2.05) is 0 Å². The number of carbonyl (C=O) groups excluding carboxylic acids is 2. The standard InChI is InChI=1S/C20H25N5O3S/c1-28-18(27)14-5-7-15(8-6-14)21-17(26)13-29-20-23-22-19(25(20)16-9-10-16)24-11-3-2-4-12-24/h5-8,16H,2-4,9-13H2,1H3,(H,21,26). The number of methoxy groups -OCH3 is 1. The topological polar surface area (TPSA) is 89.3 Å². The number of piperidine rings is 1. The van der Waals surface area contributed by atoms with Crippen LogP contribution in [0.1, 0.15) is 48.5 Å². The van der Waals surface area contributed by atoms with Crippen LogP contribution in [0, 0.1) is 0 Å². The molecule has 0 atom stereocenters. The summed E-state index contributed by atoms with van der Waals surface area (Å²) in [7, 11) is 1.34. The molecule has 0 unspecified atom stereocenters. The number of hydrogen-bond acceptors (Lipinski definition) is 7. The molecule has 1 aromatic heterocycles. The Balaban J connectivity index is 1.37. The van der Waals surface area contributed by atoms with E-state index in [0.29, 0.717) is 17.3 Å². The Morgan fingerprint density at radius 1 is 1.14 bits per heavy atom. The lowest BCUT2D eigenvalue weighted by Crippen LogP contribution is -2.32. The van der Waals surface area contributed by atoms with Gasteiger partial charge in [0.15, 0.2) is 5.16 Å². The number of nitrogens with zero attached hydrogens (tertiary/aromatic N) is 4. The molecule has 0 bridgehead atoms. The van der Waals surface area contributed by atoms with Crippen molar-refractivity contribution in [3.05, 3.63) is 29.8 Å². The van der Waals surface area contributed by atoms with E-state index < -0.39 is 5.97 Å². The number of anilines is 2. The van der Waals surface area contributed by atoms with Crippen LogP contribution in [-0.2, 0) is 9.53 Å². The van der Waals surface area contributed by atoms with E-state index in [9.17, 15) is 9.59 Å². The van der Waals surface area contributed by atoms with Crippen molar-refractivity contribution in [2.45, 2.75) is 43.3 Å². The molecule has 2 heterocycles. The number of nitrogens with one attached hydrogen (secondary N) is 1. The molecule has 29 heavy (non-hydrogen) atoms. The maximum atomic E-state index is 12.4. The second kappa shape index (κ2) is 8.86. The summed E-state index contributed by atoms with van der Waals surface area (Å²) in [5.41, 5.74) is 1.09. The number of amides is 1. The number of aromatic nitrogens is 3. The Hall–Kier alpha value is -2.55. The molecule has 9 heteroatoms. The van der Waals surface area contributed by atoms with Crippen LogP contribution in [0.4, 0.5) is 11.6 Å². The highest BCUT2D eigenvalue weighted by Gasteiger charge is 2.32. The fourth-order valence-corrected chi connectivity index (χ4v) is 4.26. The zero-order valence-corrected chi connectivity index (χ0v) is 17.3. The second-order valence-electron chi connectivity index (χ2n) is 7.34. The van der Waals surface area contributed by atoms with Gasteiger partial charge in [0.1, 0.15) is 0 Å². The van der Waals surface area contributed by atoms with E-state index in [0.717, 1.165) is 37.0 Å². The Labute approximate surface area is 174 Å². The second-order valence-corrected chi connectivity index (χ2v) is 8.28. The third-order valence-electron chi connectivity index (χ3n) is 5.12. The van der Waals surface area contributed by atoms with Crippen LogP contribution in [0.15, 0.2) is 29.4 Å². The van der Waals surface area contributed by atoms with Gasteiger partial charge in [0.2, 0.25) is 11.9 Å². The molecule has 2 aromatic rings. The van der Waals surface area contributed by atoms with Gasteiger partial charge in [-0.3, -0.25) is 9.36 Å². The van der Waals surface area contributed by atoms with E-state index in [2.05, 4.69) is 29.7 Å². The maximum Gasteiger partial charge on any atom is 0.337 e. The van der Waals surface area contributed by atoms with Crippen LogP contribution >= 0.6 is 11.8 Å². The van der Waals surface area contributed by atoms with E-state index in [4.69, 9.17) is 0 Å². The normalized spacial score (nSPS) is 16.5. The molecule has 1 aliphatic heterocycles. The smallest absolute Gasteiger partial charge is 0.337 e. The highest BCUT2D eigenvalue weighted by atomic mass is 32.2. The molecule has 1 aliphatic carbocycles. The van der Waals surface area contributed by atoms with Crippen LogP contribution in [0.5, 0.6) is 0 Å². The Morgan fingerprint density at radius 2 is 1.86 bits per heavy atom. The first-order chi connectivity index (χ1) is 14.2. The number of carbonyl (C=O) groups is 2. The van der Waals surface area contributed by atoms with Gasteiger partial charge < -0.3 is 15.0 Å². The van der Waals surface area contributed by atoms with Crippen molar-refractivity contribution >= 4 is 35.3 Å². The molecule has 1 saturated carbocycles. The zero-order valence-electron chi connectivity index (χ0n) is 16.5. The van der Waals surface area contributed by atoms with E-state index in [1.165, 1.54) is 38.1 Å². The largest absolute Gasteiger partial charge is 0.465 e. The average Bonchev–Trinajstić information content (AvgIpc) is 3.51. The number of benzene rings is 1. The van der Waals surface area contributed by atoms with Crippen molar-refractivity contribution in [1.82, 2.24) is 14.8 Å². The summed E-state index contributed by atoms with van der Waals surface area (Å²) in [6, 6.07) is 7.09. The third kappa shape index (κ3) is 4.72. The molecule has 4 rings (SSSR count). The van der Waals surface area contributed by atoms with Crippen LogP contribution in [0.2, 0.25) is 0 Å². The van der Waals surface area contributed by atoms with Crippen molar-refractivity contribution in [2.24, 2.45) is 0 Å². The predicted molar refractivity (Wildman–Crippen MR) is 111 cm³/mol. The van der Waals surface area contributed by atoms with Gasteiger partial charge in [-0.05, 0) is 56.4 Å². The molecule has 154 valence electrons. The minimum absolute atomic E-state index is 0.120. The van der Waals surface area contributed by atoms with E-state index in [-0.39, 0.29) is 11.7 Å². The predicted octanol–water partition coefficient (Wildman–Crippen LogP) is 3.12. The number of esters is 1. The molecule has 1 saturated heterocycles. The summed E-state index contributed by atoms with van der Waals surface area (Å²) in [5, 5.41) is 12.5. The van der Waals surface area contributed by atoms with Crippen LogP contribution < -0.4 is 10.2 Å². The van der Waals surface area contributed by atoms with Crippen molar-refractivity contribution in [3.63, 3.8) is 0 Å². The van der Waals surface area contributed by atoms with E-state index in [1.54, 1.807) is 24.3 Å². The van der Waals surface area contributed by atoms with Crippen molar-refractivity contribution < 1.29 is 14.3 Å². The summed E-state index contributed by atoms with van der Waals surface area (Å²) in [4.78, 5) is 26.2. The molecule has 2 aliphatic rings. The monoisotopic (exact) mass is 415 g/mol. The molecule has 1 aromatic carbocycles. The lowest BCUT2D eigenvalue weighted by molar-refractivity contribution is -0.113. The van der Waals surface area contributed by atoms with E-state index >= 15 is 0 Å². The fraction of sp³-hybridized carbons (Fsp3) is 0.500. The SMILES string of the molecule is COC(=O)c1ccc(NC(=O)CSc2nnc(N3CCCCC3)n2C2CC2)cc1. The number of rotatable bonds is 7. The highest BCUT2D eigenvalue weighted by molar-refractivity contribution is 7.99. The molecule has 0 radical (unpaired) electrons. The van der Waals surface area contributed by atoms with Crippen LogP contribution in [-0.4, -0.2) is 52.6 Å². The van der Waals surface area contributed by atoms with Gasteiger partial charge in [0.05, 0.1) is 18.4 Å². The average molecular weight is 416 g/mol. The molecule has 0 spiro atoms. The summed E-state index contributed by atoms with van der Waals surface area (Å²) >= 11 is 1.42. The molecular formula is C20H25N5O3S. The highest BCUT2D eigenvalue weighted by Crippen LogP contribution is 2.41. The first kappa shape index (κ1) is 19.8. The molecule has 1 N–H and O–H groups in total.